The van der Waals surface area contributed by atoms with Gasteiger partial charge in [-0.05, 0) is 0 Å². The van der Waals surface area contributed by atoms with Crippen LogP contribution in [0.2, 0.25) is 0 Å². The number of hydrogen-bond acceptors (Lipinski definition) is 5. The summed E-state index contributed by atoms with van der Waals surface area (Å²) in [5.74, 6) is 0.417. The van der Waals surface area contributed by atoms with Crippen molar-refractivity contribution >= 4 is 17.6 Å². The fourth-order valence-electron chi connectivity index (χ4n) is 1.09. The smallest absolute Gasteiger partial charge is 0.274 e. The summed E-state index contributed by atoms with van der Waals surface area (Å²) in [6, 6.07) is 0. The third kappa shape index (κ3) is 1.41. The van der Waals surface area contributed by atoms with E-state index in [0.717, 1.165) is 0 Å². The van der Waals surface area contributed by atoms with Gasteiger partial charge in [0, 0.05) is 12.4 Å². The van der Waals surface area contributed by atoms with Gasteiger partial charge in [0.2, 0.25) is 5.90 Å². The number of aliphatic imine (C=N–C) groups is 1. The zero-order chi connectivity index (χ0) is 9.97. The molecular formula is C8H8N4O2. The molecule has 0 atom stereocenters. The van der Waals surface area contributed by atoms with E-state index in [1.807, 2.05) is 0 Å². The summed E-state index contributed by atoms with van der Waals surface area (Å²) in [6.45, 7) is 0.257. The number of aromatic nitrogens is 2. The molecule has 0 radical (unpaired) electrons. The lowest BCUT2D eigenvalue weighted by Crippen LogP contribution is -2.28. The molecule has 1 aromatic heterocycles. The molecule has 14 heavy (non-hydrogen) atoms. The van der Waals surface area contributed by atoms with Gasteiger partial charge in [-0.3, -0.25) is 4.79 Å². The van der Waals surface area contributed by atoms with Crippen LogP contribution in [-0.2, 0) is 4.74 Å². The van der Waals surface area contributed by atoms with Crippen molar-refractivity contribution in [1.82, 2.24) is 15.3 Å². The molecule has 6 nitrogen and oxygen atoms in total. The first-order chi connectivity index (χ1) is 6.81. The Hall–Kier alpha value is -1.98. The molecule has 1 aromatic rings. The van der Waals surface area contributed by atoms with Gasteiger partial charge >= 0.3 is 0 Å². The summed E-state index contributed by atoms with van der Waals surface area (Å²) in [4.78, 5) is 23.3. The molecule has 0 bridgehead atoms. The summed E-state index contributed by atoms with van der Waals surface area (Å²) in [6.07, 6.45) is 2.93. The van der Waals surface area contributed by atoms with Gasteiger partial charge in [0.15, 0.2) is 11.5 Å². The molecule has 2 heterocycles. The minimum atomic E-state index is -0.288. The lowest BCUT2D eigenvalue weighted by molar-refractivity contribution is 0.0954. The number of ether oxygens (including phenoxy) is 1. The van der Waals surface area contributed by atoms with E-state index in [4.69, 9.17) is 4.74 Å². The average Bonchev–Trinajstić information content (AvgIpc) is 2.39. The van der Waals surface area contributed by atoms with Gasteiger partial charge in [0.1, 0.15) is 0 Å². The molecule has 0 saturated heterocycles. The number of rotatable bonds is 0. The predicted octanol–water partition coefficient (Wildman–Crippen LogP) is -0.104. The maximum Gasteiger partial charge on any atom is 0.274 e. The minimum absolute atomic E-state index is 0.222. The van der Waals surface area contributed by atoms with Crippen molar-refractivity contribution in [3.05, 3.63) is 18.1 Å². The number of nitrogens with zero attached hydrogens (tertiary/aromatic N) is 3. The number of methoxy groups -OCH3 is 1. The van der Waals surface area contributed by atoms with Crippen molar-refractivity contribution in [2.45, 2.75) is 0 Å². The Morgan fingerprint density at radius 3 is 3.00 bits per heavy atom. The molecule has 2 rings (SSSR count). The summed E-state index contributed by atoms with van der Waals surface area (Å²) in [5.41, 5.74) is 0.222. The van der Waals surface area contributed by atoms with Crippen molar-refractivity contribution in [1.29, 1.82) is 0 Å². The number of fused-ring (bicyclic) bond motifs is 1. The van der Waals surface area contributed by atoms with Crippen LogP contribution in [-0.4, -0.2) is 35.4 Å². The summed E-state index contributed by atoms with van der Waals surface area (Å²) in [7, 11) is 1.49. The maximum absolute atomic E-state index is 11.4. The van der Waals surface area contributed by atoms with E-state index in [0.29, 0.717) is 11.7 Å². The highest BCUT2D eigenvalue weighted by atomic mass is 16.5. The second-order valence-electron chi connectivity index (χ2n) is 2.62. The first-order valence-electron chi connectivity index (χ1n) is 4.02. The average molecular weight is 192 g/mol. The Morgan fingerprint density at radius 2 is 2.21 bits per heavy atom. The molecule has 1 aliphatic rings. The van der Waals surface area contributed by atoms with Crippen LogP contribution in [0.3, 0.4) is 0 Å². The van der Waals surface area contributed by atoms with Gasteiger partial charge in [0.05, 0.1) is 13.7 Å². The molecule has 1 N–H and O–H groups in total. The van der Waals surface area contributed by atoms with Crippen LogP contribution < -0.4 is 5.32 Å². The lowest BCUT2D eigenvalue weighted by atomic mass is 10.4. The van der Waals surface area contributed by atoms with E-state index >= 15 is 0 Å². The zero-order valence-electron chi connectivity index (χ0n) is 7.52. The summed E-state index contributed by atoms with van der Waals surface area (Å²) >= 11 is 0. The van der Waals surface area contributed by atoms with E-state index in [2.05, 4.69) is 20.3 Å². The third-order valence-corrected chi connectivity index (χ3v) is 1.76. The zero-order valence-corrected chi connectivity index (χ0v) is 7.52. The second-order valence-corrected chi connectivity index (χ2v) is 2.62. The number of carbonyl (C=O) groups excluding carboxylic acids is 1. The van der Waals surface area contributed by atoms with Gasteiger partial charge < -0.3 is 10.1 Å². The number of amides is 1. The largest absolute Gasteiger partial charge is 0.483 e. The molecular weight excluding hydrogens is 184 g/mol. The van der Waals surface area contributed by atoms with Crippen LogP contribution in [0.25, 0.3) is 0 Å². The highest BCUT2D eigenvalue weighted by molar-refractivity contribution is 6.01. The number of nitrogens with one attached hydrogen (secondary N) is 1. The SMILES string of the molecule is COC1=Nc2nccnc2C(=O)NC1. The first kappa shape index (κ1) is 8.61. The third-order valence-electron chi connectivity index (χ3n) is 1.76. The van der Waals surface area contributed by atoms with Crippen molar-refractivity contribution in [3.8, 4) is 0 Å². The molecule has 1 amide bonds. The molecule has 6 heteroatoms. The number of carbonyl (C=O) groups is 1. The van der Waals surface area contributed by atoms with Crippen molar-refractivity contribution < 1.29 is 9.53 Å². The van der Waals surface area contributed by atoms with Crippen LogP contribution in [0.1, 0.15) is 10.5 Å². The lowest BCUT2D eigenvalue weighted by Gasteiger charge is -2.00. The van der Waals surface area contributed by atoms with E-state index in [1.165, 1.54) is 19.5 Å². The molecule has 0 saturated carbocycles. The Labute approximate surface area is 80.0 Å². The topological polar surface area (TPSA) is 76.5 Å². The molecule has 72 valence electrons. The van der Waals surface area contributed by atoms with Crippen LogP contribution in [0.15, 0.2) is 17.4 Å². The monoisotopic (exact) mass is 192 g/mol. The summed E-state index contributed by atoms with van der Waals surface area (Å²) < 4.78 is 4.94. The molecule has 0 aromatic carbocycles. The standard InChI is InChI=1S/C8H8N4O2/c1-14-5-4-11-8(13)6-7(12-5)10-3-2-9-6/h2-3H,4H2,1H3,(H,11,13). The summed E-state index contributed by atoms with van der Waals surface area (Å²) in [5, 5.41) is 2.60. The molecule has 0 fully saturated rings. The Morgan fingerprint density at radius 1 is 1.43 bits per heavy atom. The van der Waals surface area contributed by atoms with Crippen LogP contribution in [0.5, 0.6) is 0 Å². The van der Waals surface area contributed by atoms with Crippen molar-refractivity contribution in [2.24, 2.45) is 4.99 Å². The van der Waals surface area contributed by atoms with Gasteiger partial charge in [-0.25, -0.2) is 9.97 Å². The van der Waals surface area contributed by atoms with Crippen LogP contribution in [0.4, 0.5) is 5.82 Å². The molecule has 0 aliphatic carbocycles. The van der Waals surface area contributed by atoms with E-state index in [-0.39, 0.29) is 18.1 Å². The Bertz CT molecular complexity index is 402. The van der Waals surface area contributed by atoms with Crippen LogP contribution in [0, 0.1) is 0 Å². The first-order valence-corrected chi connectivity index (χ1v) is 4.02. The van der Waals surface area contributed by atoms with Crippen LogP contribution >= 0.6 is 0 Å². The fourth-order valence-corrected chi connectivity index (χ4v) is 1.09. The normalized spacial score (nSPS) is 14.9. The van der Waals surface area contributed by atoms with Gasteiger partial charge in [-0.2, -0.15) is 4.99 Å². The highest BCUT2D eigenvalue weighted by Crippen LogP contribution is 2.14. The van der Waals surface area contributed by atoms with E-state index in [9.17, 15) is 4.79 Å². The molecule has 0 spiro atoms. The number of hydrogen-bond donors (Lipinski definition) is 1. The predicted molar refractivity (Wildman–Crippen MR) is 48.5 cm³/mol. The molecule has 1 aliphatic heterocycles. The van der Waals surface area contributed by atoms with E-state index in [1.54, 1.807) is 0 Å². The Kier molecular flexibility index (Phi) is 2.10. The quantitative estimate of drug-likeness (QED) is 0.622. The minimum Gasteiger partial charge on any atom is -0.483 e. The van der Waals surface area contributed by atoms with E-state index < -0.39 is 0 Å². The highest BCUT2D eigenvalue weighted by Gasteiger charge is 2.18. The maximum atomic E-state index is 11.4. The van der Waals surface area contributed by atoms with Crippen molar-refractivity contribution in [2.75, 3.05) is 13.7 Å². The molecule has 0 unspecified atom stereocenters. The van der Waals surface area contributed by atoms with Gasteiger partial charge in [0.25, 0.3) is 5.91 Å². The fraction of sp³-hybridized carbons (Fsp3) is 0.250. The van der Waals surface area contributed by atoms with Gasteiger partial charge in [-0.1, -0.05) is 0 Å². The van der Waals surface area contributed by atoms with Crippen molar-refractivity contribution in [3.63, 3.8) is 0 Å². The second kappa shape index (κ2) is 3.41. The van der Waals surface area contributed by atoms with Gasteiger partial charge in [-0.15, -0.1) is 0 Å². The Balaban J connectivity index is 2.50.